The van der Waals surface area contributed by atoms with Crippen molar-refractivity contribution in [3.63, 3.8) is 0 Å². The van der Waals surface area contributed by atoms with E-state index in [-0.39, 0.29) is 5.91 Å². The molecule has 3 aromatic rings. The highest BCUT2D eigenvalue weighted by molar-refractivity contribution is 5.89. The normalized spacial score (nSPS) is 9.96. The number of rotatable bonds is 5. The Morgan fingerprint density at radius 2 is 1.96 bits per heavy atom. The van der Waals surface area contributed by atoms with Crippen molar-refractivity contribution >= 4 is 23.2 Å². The molecule has 0 bridgehead atoms. The molecule has 0 aliphatic carbocycles. The monoisotopic (exact) mass is 359 g/mol. The molecule has 134 valence electrons. The van der Waals surface area contributed by atoms with E-state index >= 15 is 0 Å². The second-order valence-electron chi connectivity index (χ2n) is 5.71. The summed E-state index contributed by atoms with van der Waals surface area (Å²) >= 11 is 0. The Bertz CT molecular complexity index is 1030. The zero-order valence-corrected chi connectivity index (χ0v) is 14.9. The van der Waals surface area contributed by atoms with Gasteiger partial charge in [0.15, 0.2) is 0 Å². The summed E-state index contributed by atoms with van der Waals surface area (Å²) in [6.45, 7) is 1.45. The number of nitrogens with one attached hydrogen (secondary N) is 2. The van der Waals surface area contributed by atoms with Gasteiger partial charge < -0.3 is 15.4 Å². The number of nitriles is 1. The van der Waals surface area contributed by atoms with E-state index in [4.69, 9.17) is 4.74 Å². The minimum atomic E-state index is -0.142. The maximum atomic E-state index is 11.2. The Kier molecular flexibility index (Phi) is 5.28. The fourth-order valence-electron chi connectivity index (χ4n) is 2.52. The van der Waals surface area contributed by atoms with E-state index in [1.807, 2.05) is 18.2 Å². The predicted octanol–water partition coefficient (Wildman–Crippen LogP) is 3.73. The first kappa shape index (κ1) is 17.9. The number of aromatic nitrogens is 2. The van der Waals surface area contributed by atoms with Crippen molar-refractivity contribution in [1.82, 2.24) is 9.97 Å². The molecule has 27 heavy (non-hydrogen) atoms. The summed E-state index contributed by atoms with van der Waals surface area (Å²) in [4.78, 5) is 19.9. The molecule has 7 nitrogen and oxygen atoms in total. The summed E-state index contributed by atoms with van der Waals surface area (Å²) < 4.78 is 5.24. The van der Waals surface area contributed by atoms with Crippen LogP contribution >= 0.6 is 0 Å². The van der Waals surface area contributed by atoms with Crippen LogP contribution in [0.4, 0.5) is 17.3 Å². The van der Waals surface area contributed by atoms with E-state index in [1.54, 1.807) is 43.6 Å². The number of amides is 1. The van der Waals surface area contributed by atoms with Gasteiger partial charge in [-0.2, -0.15) is 5.26 Å². The number of anilines is 3. The Morgan fingerprint density at radius 3 is 2.70 bits per heavy atom. The lowest BCUT2D eigenvalue weighted by Crippen LogP contribution is -2.06. The van der Waals surface area contributed by atoms with E-state index in [2.05, 4.69) is 26.7 Å². The number of methoxy groups -OCH3 is 1. The van der Waals surface area contributed by atoms with E-state index in [1.165, 1.54) is 6.92 Å². The van der Waals surface area contributed by atoms with Crippen molar-refractivity contribution in [3.8, 4) is 23.1 Å². The molecule has 0 aliphatic heterocycles. The van der Waals surface area contributed by atoms with Crippen molar-refractivity contribution in [1.29, 1.82) is 5.26 Å². The Balaban J connectivity index is 1.89. The largest absolute Gasteiger partial charge is 0.497 e. The second kappa shape index (κ2) is 7.97. The number of carbonyl (C=O) groups is 1. The van der Waals surface area contributed by atoms with Crippen LogP contribution in [0.15, 0.2) is 54.7 Å². The molecule has 0 atom stereocenters. The lowest BCUT2D eigenvalue weighted by atomic mass is 10.1. The van der Waals surface area contributed by atoms with Crippen LogP contribution in [0.25, 0.3) is 11.3 Å². The van der Waals surface area contributed by atoms with Gasteiger partial charge in [0, 0.05) is 30.1 Å². The van der Waals surface area contributed by atoms with Crippen LogP contribution in [0.5, 0.6) is 5.75 Å². The molecule has 1 heterocycles. The Morgan fingerprint density at radius 1 is 1.15 bits per heavy atom. The molecule has 0 spiro atoms. The predicted molar refractivity (Wildman–Crippen MR) is 103 cm³/mol. The zero-order valence-electron chi connectivity index (χ0n) is 14.9. The van der Waals surface area contributed by atoms with Crippen LogP contribution in [-0.2, 0) is 4.79 Å². The number of hydrogen-bond donors (Lipinski definition) is 2. The molecule has 1 aromatic heterocycles. The van der Waals surface area contributed by atoms with Gasteiger partial charge in [0.05, 0.1) is 24.4 Å². The summed E-state index contributed by atoms with van der Waals surface area (Å²) in [5.74, 6) is 0.839. The maximum Gasteiger partial charge on any atom is 0.227 e. The SMILES string of the molecule is COc1cc(C#N)cc(-c2ccnc(Nc3cccc(NC(C)=O)c3)n2)c1. The minimum absolute atomic E-state index is 0.142. The van der Waals surface area contributed by atoms with Gasteiger partial charge >= 0.3 is 0 Å². The minimum Gasteiger partial charge on any atom is -0.497 e. The highest BCUT2D eigenvalue weighted by Gasteiger charge is 2.07. The topological polar surface area (TPSA) is 99.9 Å². The molecule has 0 radical (unpaired) electrons. The van der Waals surface area contributed by atoms with Crippen LogP contribution in [-0.4, -0.2) is 23.0 Å². The highest BCUT2D eigenvalue weighted by Crippen LogP contribution is 2.26. The summed E-state index contributed by atoms with van der Waals surface area (Å²) in [6.07, 6.45) is 1.63. The fourth-order valence-corrected chi connectivity index (χ4v) is 2.52. The van der Waals surface area contributed by atoms with Gasteiger partial charge in [-0.3, -0.25) is 4.79 Å². The lowest BCUT2D eigenvalue weighted by Gasteiger charge is -2.09. The summed E-state index contributed by atoms with van der Waals surface area (Å²) in [5, 5.41) is 15.0. The third-order valence-electron chi connectivity index (χ3n) is 3.66. The number of carbonyl (C=O) groups excluding carboxylic acids is 1. The fraction of sp³-hybridized carbons (Fsp3) is 0.100. The van der Waals surface area contributed by atoms with E-state index in [9.17, 15) is 10.1 Å². The van der Waals surface area contributed by atoms with Gasteiger partial charge in [-0.1, -0.05) is 6.07 Å². The van der Waals surface area contributed by atoms with Crippen molar-refractivity contribution in [2.75, 3.05) is 17.7 Å². The van der Waals surface area contributed by atoms with Crippen LogP contribution in [0.3, 0.4) is 0 Å². The maximum absolute atomic E-state index is 11.2. The van der Waals surface area contributed by atoms with E-state index in [0.717, 1.165) is 11.3 Å². The van der Waals surface area contributed by atoms with Gasteiger partial charge in [-0.25, -0.2) is 9.97 Å². The summed E-state index contributed by atoms with van der Waals surface area (Å²) in [5.41, 5.74) is 3.31. The molecule has 3 rings (SSSR count). The molecular weight excluding hydrogens is 342 g/mol. The van der Waals surface area contributed by atoms with Crippen LogP contribution < -0.4 is 15.4 Å². The second-order valence-corrected chi connectivity index (χ2v) is 5.71. The third kappa shape index (κ3) is 4.58. The molecule has 1 amide bonds. The standard InChI is InChI=1S/C20H17N5O2/c1-13(26)23-16-4-3-5-17(11-16)24-20-22-7-6-19(25-20)15-8-14(12-21)9-18(10-15)27-2/h3-11H,1-2H3,(H,23,26)(H,22,24,25). The van der Waals surface area contributed by atoms with Crippen molar-refractivity contribution < 1.29 is 9.53 Å². The average molecular weight is 359 g/mol. The molecule has 2 N–H and O–H groups in total. The molecular formula is C20H17N5O2. The first-order valence-corrected chi connectivity index (χ1v) is 8.14. The first-order valence-electron chi connectivity index (χ1n) is 8.14. The molecule has 0 saturated carbocycles. The molecule has 0 unspecified atom stereocenters. The third-order valence-corrected chi connectivity index (χ3v) is 3.66. The summed E-state index contributed by atoms with van der Waals surface area (Å²) in [6, 6.07) is 16.3. The Labute approximate surface area is 156 Å². The number of ether oxygens (including phenoxy) is 1. The smallest absolute Gasteiger partial charge is 0.227 e. The van der Waals surface area contributed by atoms with Crippen LogP contribution in [0.1, 0.15) is 12.5 Å². The Hall–Kier alpha value is -3.92. The lowest BCUT2D eigenvalue weighted by molar-refractivity contribution is -0.114. The van der Waals surface area contributed by atoms with Gasteiger partial charge in [0.1, 0.15) is 5.75 Å². The van der Waals surface area contributed by atoms with Crippen molar-refractivity contribution in [2.45, 2.75) is 6.92 Å². The van der Waals surface area contributed by atoms with Gasteiger partial charge in [-0.15, -0.1) is 0 Å². The van der Waals surface area contributed by atoms with Crippen molar-refractivity contribution in [3.05, 3.63) is 60.3 Å². The molecule has 7 heteroatoms. The number of benzene rings is 2. The molecule has 0 aliphatic rings. The molecule has 0 saturated heterocycles. The van der Waals surface area contributed by atoms with Gasteiger partial charge in [0.2, 0.25) is 11.9 Å². The van der Waals surface area contributed by atoms with E-state index < -0.39 is 0 Å². The van der Waals surface area contributed by atoms with E-state index in [0.29, 0.717) is 28.6 Å². The van der Waals surface area contributed by atoms with Crippen molar-refractivity contribution in [2.24, 2.45) is 0 Å². The molecule has 0 fully saturated rings. The zero-order chi connectivity index (χ0) is 19.2. The number of hydrogen-bond acceptors (Lipinski definition) is 6. The van der Waals surface area contributed by atoms with Crippen LogP contribution in [0, 0.1) is 11.3 Å². The first-order chi connectivity index (χ1) is 13.1. The summed E-state index contributed by atoms with van der Waals surface area (Å²) in [7, 11) is 1.55. The number of nitrogens with zero attached hydrogens (tertiary/aromatic N) is 3. The van der Waals surface area contributed by atoms with Gasteiger partial charge in [-0.05, 0) is 42.5 Å². The average Bonchev–Trinajstić information content (AvgIpc) is 2.67. The molecule has 2 aromatic carbocycles. The highest BCUT2D eigenvalue weighted by atomic mass is 16.5. The van der Waals surface area contributed by atoms with Crippen LogP contribution in [0.2, 0.25) is 0 Å². The van der Waals surface area contributed by atoms with Gasteiger partial charge in [0.25, 0.3) is 0 Å². The quantitative estimate of drug-likeness (QED) is 0.720.